The number of nitrogens with one attached hydrogen (secondary N) is 1. The van der Waals surface area contributed by atoms with E-state index in [1.54, 1.807) is 0 Å². The van der Waals surface area contributed by atoms with Crippen LogP contribution in [0.25, 0.3) is 0 Å². The van der Waals surface area contributed by atoms with Crippen LogP contribution in [0.4, 0.5) is 0 Å². The van der Waals surface area contributed by atoms with Crippen molar-refractivity contribution in [1.82, 2.24) is 10.2 Å². The summed E-state index contributed by atoms with van der Waals surface area (Å²) >= 11 is 0. The summed E-state index contributed by atoms with van der Waals surface area (Å²) in [6, 6.07) is 0. The van der Waals surface area contributed by atoms with Gasteiger partial charge in [0.1, 0.15) is 0 Å². The lowest BCUT2D eigenvalue weighted by Crippen LogP contribution is -2.45. The van der Waals surface area contributed by atoms with E-state index in [4.69, 9.17) is 5.73 Å². The van der Waals surface area contributed by atoms with E-state index in [1.807, 2.05) is 0 Å². The van der Waals surface area contributed by atoms with Gasteiger partial charge < -0.3 is 16.0 Å². The molecule has 0 aromatic rings. The van der Waals surface area contributed by atoms with E-state index in [0.717, 1.165) is 45.4 Å². The van der Waals surface area contributed by atoms with Crippen molar-refractivity contribution in [3.63, 3.8) is 0 Å². The van der Waals surface area contributed by atoms with Gasteiger partial charge in [0, 0.05) is 12.5 Å². The predicted octanol–water partition coefficient (Wildman–Crippen LogP) is 1.60. The van der Waals surface area contributed by atoms with Gasteiger partial charge in [0.25, 0.3) is 0 Å². The molecule has 2 rings (SSSR count). The quantitative estimate of drug-likeness (QED) is 0.823. The van der Waals surface area contributed by atoms with Crippen LogP contribution in [0.15, 0.2) is 0 Å². The fourth-order valence-corrected chi connectivity index (χ4v) is 3.52. The van der Waals surface area contributed by atoms with Crippen LogP contribution in [-0.4, -0.2) is 44.0 Å². The zero-order valence-corrected chi connectivity index (χ0v) is 13.2. The summed E-state index contributed by atoms with van der Waals surface area (Å²) in [6.45, 7) is 6.16. The summed E-state index contributed by atoms with van der Waals surface area (Å²) in [4.78, 5) is 14.7. The molecule has 1 amide bonds. The van der Waals surface area contributed by atoms with Crippen LogP contribution in [0.1, 0.15) is 45.4 Å². The molecule has 4 nitrogen and oxygen atoms in total. The van der Waals surface area contributed by atoms with Gasteiger partial charge in [0.15, 0.2) is 0 Å². The van der Waals surface area contributed by atoms with Crippen LogP contribution in [0.2, 0.25) is 0 Å². The van der Waals surface area contributed by atoms with Gasteiger partial charge in [0.05, 0.1) is 0 Å². The van der Waals surface area contributed by atoms with Crippen molar-refractivity contribution in [3.8, 4) is 0 Å². The second-order valence-corrected chi connectivity index (χ2v) is 7.30. The molecule has 2 atom stereocenters. The normalized spacial score (nSPS) is 30.9. The Hall–Kier alpha value is -0.610. The standard InChI is InChI=1S/C16H31N3O/c1-16(6-8-19(2)9-7-16)12-18-15(20)14-5-3-4-13(10-14)11-17/h13-14H,3-12,17H2,1-2H3,(H,18,20). The van der Waals surface area contributed by atoms with E-state index in [0.29, 0.717) is 5.92 Å². The molecule has 2 fully saturated rings. The Morgan fingerprint density at radius 1 is 1.35 bits per heavy atom. The zero-order chi connectivity index (χ0) is 14.6. The number of amides is 1. The van der Waals surface area contributed by atoms with Crippen molar-refractivity contribution in [1.29, 1.82) is 0 Å². The van der Waals surface area contributed by atoms with Crippen LogP contribution in [0, 0.1) is 17.3 Å². The summed E-state index contributed by atoms with van der Waals surface area (Å²) < 4.78 is 0. The molecule has 2 unspecified atom stereocenters. The highest BCUT2D eigenvalue weighted by Gasteiger charge is 2.31. The van der Waals surface area contributed by atoms with Crippen molar-refractivity contribution in [3.05, 3.63) is 0 Å². The Bertz CT molecular complexity index is 324. The first kappa shape index (κ1) is 15.8. The average molecular weight is 281 g/mol. The van der Waals surface area contributed by atoms with Gasteiger partial charge in [-0.2, -0.15) is 0 Å². The highest BCUT2D eigenvalue weighted by atomic mass is 16.1. The molecule has 0 aromatic carbocycles. The number of nitrogens with zero attached hydrogens (tertiary/aromatic N) is 1. The Morgan fingerprint density at radius 2 is 2.05 bits per heavy atom. The van der Waals surface area contributed by atoms with Crippen molar-refractivity contribution >= 4 is 5.91 Å². The SMILES string of the molecule is CN1CCC(C)(CNC(=O)C2CCCC(CN)C2)CC1. The molecule has 1 saturated carbocycles. The van der Waals surface area contributed by atoms with E-state index >= 15 is 0 Å². The zero-order valence-electron chi connectivity index (χ0n) is 13.2. The van der Waals surface area contributed by atoms with Crippen LogP contribution in [0.5, 0.6) is 0 Å². The first-order chi connectivity index (χ1) is 9.52. The van der Waals surface area contributed by atoms with E-state index in [9.17, 15) is 4.79 Å². The molecular weight excluding hydrogens is 250 g/mol. The van der Waals surface area contributed by atoms with Gasteiger partial charge in [-0.25, -0.2) is 0 Å². The molecule has 0 radical (unpaired) electrons. The minimum atomic E-state index is 0.201. The molecule has 3 N–H and O–H groups in total. The maximum Gasteiger partial charge on any atom is 0.223 e. The summed E-state index contributed by atoms with van der Waals surface area (Å²) in [5.41, 5.74) is 6.04. The Morgan fingerprint density at radius 3 is 2.70 bits per heavy atom. The smallest absolute Gasteiger partial charge is 0.223 e. The molecule has 4 heteroatoms. The third kappa shape index (κ3) is 4.19. The minimum absolute atomic E-state index is 0.201. The van der Waals surface area contributed by atoms with E-state index in [2.05, 4.69) is 24.2 Å². The number of hydrogen-bond donors (Lipinski definition) is 2. The van der Waals surface area contributed by atoms with Crippen LogP contribution in [-0.2, 0) is 4.79 Å². The van der Waals surface area contributed by atoms with E-state index < -0.39 is 0 Å². The Kier molecular flexibility index (Phi) is 5.44. The molecule has 1 aliphatic carbocycles. The second-order valence-electron chi connectivity index (χ2n) is 7.30. The fraction of sp³-hybridized carbons (Fsp3) is 0.938. The minimum Gasteiger partial charge on any atom is -0.355 e. The van der Waals surface area contributed by atoms with Crippen LogP contribution >= 0.6 is 0 Å². The van der Waals surface area contributed by atoms with Gasteiger partial charge >= 0.3 is 0 Å². The first-order valence-corrected chi connectivity index (χ1v) is 8.19. The Balaban J connectivity index is 1.77. The number of carbonyl (C=O) groups is 1. The summed E-state index contributed by atoms with van der Waals surface area (Å²) in [6.07, 6.45) is 6.75. The molecular formula is C16H31N3O. The van der Waals surface area contributed by atoms with Gasteiger partial charge in [-0.1, -0.05) is 13.3 Å². The monoisotopic (exact) mass is 281 g/mol. The van der Waals surface area contributed by atoms with Crippen molar-refractivity contribution in [2.24, 2.45) is 23.0 Å². The molecule has 20 heavy (non-hydrogen) atoms. The average Bonchev–Trinajstić information content (AvgIpc) is 2.48. The lowest BCUT2D eigenvalue weighted by Gasteiger charge is -2.38. The molecule has 0 bridgehead atoms. The number of hydrogen-bond acceptors (Lipinski definition) is 3. The maximum absolute atomic E-state index is 12.3. The number of nitrogens with two attached hydrogens (primary N) is 1. The Labute approximate surface area is 123 Å². The number of piperidine rings is 1. The summed E-state index contributed by atoms with van der Waals surface area (Å²) in [5, 5.41) is 3.22. The van der Waals surface area contributed by atoms with E-state index in [1.165, 1.54) is 19.3 Å². The number of likely N-dealkylation sites (tertiary alicyclic amines) is 1. The van der Waals surface area contributed by atoms with Gasteiger partial charge in [-0.05, 0) is 70.1 Å². The van der Waals surface area contributed by atoms with Crippen molar-refractivity contribution < 1.29 is 4.79 Å². The molecule has 0 spiro atoms. The largest absolute Gasteiger partial charge is 0.355 e. The summed E-state index contributed by atoms with van der Waals surface area (Å²) in [5.74, 6) is 1.02. The van der Waals surface area contributed by atoms with Crippen LogP contribution in [0.3, 0.4) is 0 Å². The predicted molar refractivity (Wildman–Crippen MR) is 82.4 cm³/mol. The maximum atomic E-state index is 12.3. The van der Waals surface area contributed by atoms with Crippen LogP contribution < -0.4 is 11.1 Å². The van der Waals surface area contributed by atoms with Gasteiger partial charge in [-0.3, -0.25) is 4.79 Å². The van der Waals surface area contributed by atoms with Gasteiger partial charge in [0.2, 0.25) is 5.91 Å². The highest BCUT2D eigenvalue weighted by Crippen LogP contribution is 2.31. The number of carbonyl (C=O) groups excluding carboxylic acids is 1. The molecule has 1 aliphatic heterocycles. The first-order valence-electron chi connectivity index (χ1n) is 8.19. The van der Waals surface area contributed by atoms with E-state index in [-0.39, 0.29) is 17.2 Å². The molecule has 116 valence electrons. The third-order valence-electron chi connectivity index (χ3n) is 5.37. The fourth-order valence-electron chi connectivity index (χ4n) is 3.52. The highest BCUT2D eigenvalue weighted by molar-refractivity contribution is 5.78. The summed E-state index contributed by atoms with van der Waals surface area (Å²) in [7, 11) is 2.17. The molecule has 2 aliphatic rings. The third-order valence-corrected chi connectivity index (χ3v) is 5.37. The lowest BCUT2D eigenvalue weighted by atomic mass is 9.79. The molecule has 1 heterocycles. The van der Waals surface area contributed by atoms with Crippen molar-refractivity contribution in [2.75, 3.05) is 33.2 Å². The second kappa shape index (κ2) is 6.90. The van der Waals surface area contributed by atoms with Crippen molar-refractivity contribution in [2.45, 2.75) is 45.4 Å². The molecule has 0 aromatic heterocycles. The topological polar surface area (TPSA) is 58.4 Å². The lowest BCUT2D eigenvalue weighted by molar-refractivity contribution is -0.127. The molecule has 1 saturated heterocycles. The van der Waals surface area contributed by atoms with Gasteiger partial charge in [-0.15, -0.1) is 0 Å². The number of rotatable bonds is 4.